The highest BCUT2D eigenvalue weighted by atomic mass is 35.5. The molecule has 23 heavy (non-hydrogen) atoms. The van der Waals surface area contributed by atoms with Crippen molar-refractivity contribution in [2.75, 3.05) is 32.1 Å². The summed E-state index contributed by atoms with van der Waals surface area (Å²) >= 11 is 5.81. The van der Waals surface area contributed by atoms with Crippen LogP contribution in [0.5, 0.6) is 0 Å². The lowest BCUT2D eigenvalue weighted by Gasteiger charge is -2.15. The zero-order valence-corrected chi connectivity index (χ0v) is 12.8. The molecule has 0 saturated carbocycles. The number of halogens is 3. The van der Waals surface area contributed by atoms with Crippen LogP contribution in [0.3, 0.4) is 0 Å². The topological polar surface area (TPSA) is 78.9 Å². The number of hydrogen-bond acceptors (Lipinski definition) is 5. The van der Waals surface area contributed by atoms with Gasteiger partial charge in [-0.2, -0.15) is 0 Å². The van der Waals surface area contributed by atoms with Crippen LogP contribution < -0.4 is 5.32 Å². The molecule has 1 aliphatic heterocycles. The molecule has 0 aliphatic carbocycles. The second-order valence-corrected chi connectivity index (χ2v) is 5.05. The number of nitrogens with one attached hydrogen (secondary N) is 1. The number of carbonyl (C=O) groups excluding carboxylic acids is 2. The molecule has 0 atom stereocenters. The van der Waals surface area contributed by atoms with E-state index in [0.29, 0.717) is 0 Å². The molecule has 1 aliphatic rings. The van der Waals surface area contributed by atoms with Gasteiger partial charge in [-0.25, -0.2) is 13.6 Å². The van der Waals surface area contributed by atoms with Crippen LogP contribution in [0.15, 0.2) is 23.4 Å². The maximum atomic E-state index is 13.9. The number of β-amino-alcohol motifs (C(OH)–C–C–N with tert-alkyl or cyclic N) is 1. The molecule has 2 rings (SSSR count). The molecule has 1 amide bonds. The second kappa shape index (κ2) is 6.93. The SMILES string of the molecule is COC(=O)C1=C(Nc2c(Cl)ccc(F)c2F)C(=O)N(CCO)C1. The lowest BCUT2D eigenvalue weighted by atomic mass is 10.2. The second-order valence-electron chi connectivity index (χ2n) is 4.64. The number of ether oxygens (including phenoxy) is 1. The minimum atomic E-state index is -1.28. The Bertz CT molecular complexity index is 694. The van der Waals surface area contributed by atoms with Crippen molar-refractivity contribution in [2.45, 2.75) is 0 Å². The van der Waals surface area contributed by atoms with Gasteiger partial charge < -0.3 is 20.1 Å². The molecule has 0 fully saturated rings. The van der Waals surface area contributed by atoms with Crippen LogP contribution in [-0.4, -0.2) is 48.7 Å². The third-order valence-electron chi connectivity index (χ3n) is 3.25. The quantitative estimate of drug-likeness (QED) is 0.620. The smallest absolute Gasteiger partial charge is 0.337 e. The van der Waals surface area contributed by atoms with E-state index in [9.17, 15) is 18.4 Å². The fraction of sp³-hybridized carbons (Fsp3) is 0.286. The number of aliphatic hydroxyl groups is 1. The molecular formula is C14H13ClF2N2O4. The first-order valence-electron chi connectivity index (χ1n) is 6.52. The number of hydrogen-bond donors (Lipinski definition) is 2. The average Bonchev–Trinajstić information content (AvgIpc) is 2.84. The van der Waals surface area contributed by atoms with Gasteiger partial charge in [-0.05, 0) is 12.1 Å². The van der Waals surface area contributed by atoms with Crippen LogP contribution in [0.25, 0.3) is 0 Å². The predicted octanol–water partition coefficient (Wildman–Crippen LogP) is 1.29. The van der Waals surface area contributed by atoms with Crippen LogP contribution >= 0.6 is 11.6 Å². The molecular weight excluding hydrogens is 334 g/mol. The molecule has 0 saturated heterocycles. The van der Waals surface area contributed by atoms with Crippen LogP contribution in [0.2, 0.25) is 5.02 Å². The molecule has 0 bridgehead atoms. The van der Waals surface area contributed by atoms with Gasteiger partial charge >= 0.3 is 5.97 Å². The summed E-state index contributed by atoms with van der Waals surface area (Å²) in [4.78, 5) is 25.2. The minimum Gasteiger partial charge on any atom is -0.466 e. The first-order chi connectivity index (χ1) is 10.9. The molecule has 1 aromatic rings. The largest absolute Gasteiger partial charge is 0.466 e. The van der Waals surface area contributed by atoms with Crippen molar-refractivity contribution in [2.24, 2.45) is 0 Å². The lowest BCUT2D eigenvalue weighted by Crippen LogP contribution is -2.31. The Balaban J connectivity index is 2.43. The van der Waals surface area contributed by atoms with Crippen molar-refractivity contribution in [1.82, 2.24) is 4.90 Å². The number of esters is 1. The zero-order chi connectivity index (χ0) is 17.1. The summed E-state index contributed by atoms with van der Waals surface area (Å²) in [6, 6.07) is 1.96. The van der Waals surface area contributed by atoms with E-state index in [1.54, 1.807) is 0 Å². The van der Waals surface area contributed by atoms with Gasteiger partial charge in [-0.1, -0.05) is 11.6 Å². The van der Waals surface area contributed by atoms with E-state index in [2.05, 4.69) is 10.1 Å². The van der Waals surface area contributed by atoms with E-state index < -0.39 is 29.2 Å². The molecule has 6 nitrogen and oxygen atoms in total. The number of rotatable bonds is 5. The third kappa shape index (κ3) is 3.27. The summed E-state index contributed by atoms with van der Waals surface area (Å²) in [5.74, 6) is -3.88. The third-order valence-corrected chi connectivity index (χ3v) is 3.56. The molecule has 0 radical (unpaired) electrons. The first-order valence-corrected chi connectivity index (χ1v) is 6.90. The molecule has 1 aromatic carbocycles. The Kier molecular flexibility index (Phi) is 5.17. The van der Waals surface area contributed by atoms with Gasteiger partial charge in [0.1, 0.15) is 5.70 Å². The predicted molar refractivity (Wildman–Crippen MR) is 77.7 cm³/mol. The Morgan fingerprint density at radius 2 is 2.17 bits per heavy atom. The van der Waals surface area contributed by atoms with Gasteiger partial charge in [-0.3, -0.25) is 4.79 Å². The van der Waals surface area contributed by atoms with Gasteiger partial charge in [0.25, 0.3) is 5.91 Å². The molecule has 124 valence electrons. The van der Waals surface area contributed by atoms with E-state index >= 15 is 0 Å². The maximum Gasteiger partial charge on any atom is 0.337 e. The number of amides is 1. The van der Waals surface area contributed by atoms with Crippen molar-refractivity contribution >= 4 is 29.2 Å². The van der Waals surface area contributed by atoms with Crippen LogP contribution in [0.1, 0.15) is 0 Å². The summed E-state index contributed by atoms with van der Waals surface area (Å²) < 4.78 is 31.8. The Hall–Kier alpha value is -2.19. The fourth-order valence-electron chi connectivity index (χ4n) is 2.12. The number of nitrogens with zero attached hydrogens (tertiary/aromatic N) is 1. The first kappa shape index (κ1) is 17.2. The molecule has 2 N–H and O–H groups in total. The van der Waals surface area contributed by atoms with Crippen LogP contribution in [0.4, 0.5) is 14.5 Å². The number of anilines is 1. The monoisotopic (exact) mass is 346 g/mol. The number of benzene rings is 1. The highest BCUT2D eigenvalue weighted by Crippen LogP contribution is 2.30. The summed E-state index contributed by atoms with van der Waals surface area (Å²) in [5.41, 5.74) is -0.787. The highest BCUT2D eigenvalue weighted by molar-refractivity contribution is 6.33. The van der Waals surface area contributed by atoms with Gasteiger partial charge in [0.05, 0.1) is 36.5 Å². The Morgan fingerprint density at radius 3 is 2.78 bits per heavy atom. The standard InChI is InChI=1S/C14H13ClF2N2O4/c1-23-14(22)7-6-19(4-5-20)13(21)11(7)18-12-8(15)2-3-9(16)10(12)17/h2-3,18,20H,4-6H2,1H3. The fourth-order valence-corrected chi connectivity index (χ4v) is 2.31. The average molecular weight is 347 g/mol. The van der Waals surface area contributed by atoms with Crippen molar-refractivity contribution in [1.29, 1.82) is 0 Å². The normalized spacial score (nSPS) is 14.5. The van der Waals surface area contributed by atoms with Crippen molar-refractivity contribution in [3.63, 3.8) is 0 Å². The Labute approximate surface area is 135 Å². The summed E-state index contributed by atoms with van der Waals surface area (Å²) in [6.45, 7) is -0.463. The van der Waals surface area contributed by atoms with Crippen molar-refractivity contribution in [3.8, 4) is 0 Å². The summed E-state index contributed by atoms with van der Waals surface area (Å²) in [7, 11) is 1.13. The maximum absolute atomic E-state index is 13.9. The number of aliphatic hydroxyl groups excluding tert-OH is 1. The molecule has 0 spiro atoms. The molecule has 9 heteroatoms. The van der Waals surface area contributed by atoms with E-state index in [-0.39, 0.29) is 36.0 Å². The van der Waals surface area contributed by atoms with E-state index in [1.807, 2.05) is 0 Å². The van der Waals surface area contributed by atoms with Gasteiger partial charge in [-0.15, -0.1) is 0 Å². The minimum absolute atomic E-state index is 0.0239. The van der Waals surface area contributed by atoms with Crippen LogP contribution in [0, 0.1) is 11.6 Å². The molecule has 0 aromatic heterocycles. The van der Waals surface area contributed by atoms with Crippen molar-refractivity contribution in [3.05, 3.63) is 40.1 Å². The van der Waals surface area contributed by atoms with Crippen LogP contribution in [-0.2, 0) is 14.3 Å². The van der Waals surface area contributed by atoms with Gasteiger partial charge in [0.15, 0.2) is 11.6 Å². The zero-order valence-electron chi connectivity index (χ0n) is 12.0. The van der Waals surface area contributed by atoms with Gasteiger partial charge in [0.2, 0.25) is 0 Å². The lowest BCUT2D eigenvalue weighted by molar-refractivity contribution is -0.136. The van der Waals surface area contributed by atoms with E-state index in [0.717, 1.165) is 19.2 Å². The summed E-state index contributed by atoms with van der Waals surface area (Å²) in [6.07, 6.45) is 0. The van der Waals surface area contributed by atoms with Crippen molar-refractivity contribution < 1.29 is 28.2 Å². The molecule has 0 unspecified atom stereocenters. The Morgan fingerprint density at radius 1 is 1.48 bits per heavy atom. The molecule has 1 heterocycles. The van der Waals surface area contributed by atoms with Gasteiger partial charge in [0, 0.05) is 6.54 Å². The number of carbonyl (C=O) groups is 2. The van der Waals surface area contributed by atoms with E-state index in [1.165, 1.54) is 4.90 Å². The highest BCUT2D eigenvalue weighted by Gasteiger charge is 2.35. The van der Waals surface area contributed by atoms with E-state index in [4.69, 9.17) is 16.7 Å². The summed E-state index contributed by atoms with van der Waals surface area (Å²) in [5, 5.41) is 11.2. The number of methoxy groups -OCH3 is 1.